The Labute approximate surface area is 136 Å². The molecule has 114 valence electrons. The lowest BCUT2D eigenvalue weighted by atomic mass is 10.1. The van der Waals surface area contributed by atoms with Gasteiger partial charge in [-0.25, -0.2) is 0 Å². The van der Waals surface area contributed by atoms with Crippen LogP contribution < -0.4 is 10.1 Å². The third kappa shape index (κ3) is 6.57. The maximum Gasteiger partial charge on any atom is 0.142 e. The molecule has 0 spiro atoms. The Balaban J connectivity index is 2.68. The second-order valence-corrected chi connectivity index (χ2v) is 7.18. The van der Waals surface area contributed by atoms with Crippen molar-refractivity contribution in [1.82, 2.24) is 5.32 Å². The molecule has 0 fully saturated rings. The summed E-state index contributed by atoms with van der Waals surface area (Å²) in [4.78, 5) is 0. The number of rotatable bonds is 9. The van der Waals surface area contributed by atoms with Crippen molar-refractivity contribution in [3.63, 3.8) is 0 Å². The smallest absolute Gasteiger partial charge is 0.142 e. The predicted molar refractivity (Wildman–Crippen MR) is 91.5 cm³/mol. The third-order valence-electron chi connectivity index (χ3n) is 2.63. The molecule has 1 aromatic rings. The molecule has 0 aliphatic carbocycles. The van der Waals surface area contributed by atoms with Crippen molar-refractivity contribution in [2.24, 2.45) is 5.92 Å². The van der Waals surface area contributed by atoms with E-state index in [1.807, 2.05) is 17.8 Å². The molecule has 0 radical (unpaired) electrons. The highest BCUT2D eigenvalue weighted by Gasteiger charge is 2.11. The van der Waals surface area contributed by atoms with Gasteiger partial charge in [0, 0.05) is 22.9 Å². The molecular formula is C15H23Cl2NOS. The van der Waals surface area contributed by atoms with Gasteiger partial charge in [0.25, 0.3) is 0 Å². The van der Waals surface area contributed by atoms with Gasteiger partial charge >= 0.3 is 0 Å². The molecule has 1 aromatic carbocycles. The third-order valence-corrected chi connectivity index (χ3v) is 3.99. The average molecular weight is 336 g/mol. The first kappa shape index (κ1) is 18.0. The lowest BCUT2D eigenvalue weighted by Crippen LogP contribution is -2.19. The lowest BCUT2D eigenvalue weighted by molar-refractivity contribution is 0.339. The molecule has 0 aromatic heterocycles. The van der Waals surface area contributed by atoms with Crippen molar-refractivity contribution in [2.45, 2.75) is 27.3 Å². The second kappa shape index (κ2) is 9.78. The summed E-state index contributed by atoms with van der Waals surface area (Å²) in [6.45, 7) is 8.83. The van der Waals surface area contributed by atoms with Gasteiger partial charge in [0.05, 0.1) is 11.6 Å². The summed E-state index contributed by atoms with van der Waals surface area (Å²) < 4.78 is 5.83. The molecule has 0 heterocycles. The largest absolute Gasteiger partial charge is 0.491 e. The first-order valence-corrected chi connectivity index (χ1v) is 8.84. The number of hydrogen-bond donors (Lipinski definition) is 1. The van der Waals surface area contributed by atoms with Crippen molar-refractivity contribution < 1.29 is 4.74 Å². The highest BCUT2D eigenvalue weighted by Crippen LogP contribution is 2.32. The number of thioether (sulfide) groups is 1. The van der Waals surface area contributed by atoms with Gasteiger partial charge in [-0.15, -0.1) is 0 Å². The standard InChI is InChI=1S/C15H23Cl2NOS/c1-4-20-6-5-19-15-12(10-18-9-11(2)3)7-13(16)8-14(15)17/h7-8,11,18H,4-6,9-10H2,1-3H3. The Morgan fingerprint density at radius 2 is 2.05 bits per heavy atom. The van der Waals surface area contributed by atoms with E-state index in [1.165, 1.54) is 0 Å². The Morgan fingerprint density at radius 1 is 1.30 bits per heavy atom. The van der Waals surface area contributed by atoms with Gasteiger partial charge in [-0.3, -0.25) is 0 Å². The van der Waals surface area contributed by atoms with Crippen LogP contribution in [0.5, 0.6) is 5.75 Å². The highest BCUT2D eigenvalue weighted by atomic mass is 35.5. The zero-order chi connectivity index (χ0) is 15.0. The van der Waals surface area contributed by atoms with E-state index in [0.717, 1.165) is 29.4 Å². The molecular weight excluding hydrogens is 313 g/mol. The van der Waals surface area contributed by atoms with Gasteiger partial charge < -0.3 is 10.1 Å². The zero-order valence-corrected chi connectivity index (χ0v) is 14.7. The Hall–Kier alpha value is -0.0900. The van der Waals surface area contributed by atoms with Crippen LogP contribution in [-0.2, 0) is 6.54 Å². The molecule has 5 heteroatoms. The molecule has 2 nitrogen and oxygen atoms in total. The van der Waals surface area contributed by atoms with Crippen LogP contribution in [0.2, 0.25) is 10.0 Å². The molecule has 0 atom stereocenters. The quantitative estimate of drug-likeness (QED) is 0.650. The van der Waals surface area contributed by atoms with E-state index in [1.54, 1.807) is 6.07 Å². The fraction of sp³-hybridized carbons (Fsp3) is 0.600. The molecule has 0 unspecified atom stereocenters. The van der Waals surface area contributed by atoms with Crippen LogP contribution in [0.1, 0.15) is 26.3 Å². The lowest BCUT2D eigenvalue weighted by Gasteiger charge is -2.15. The maximum atomic E-state index is 6.24. The Bertz CT molecular complexity index is 413. The van der Waals surface area contributed by atoms with Crippen LogP contribution in [0.15, 0.2) is 12.1 Å². The van der Waals surface area contributed by atoms with Crippen molar-refractivity contribution in [3.05, 3.63) is 27.7 Å². The molecule has 0 aliphatic heterocycles. The number of nitrogens with one attached hydrogen (secondary N) is 1. The van der Waals surface area contributed by atoms with Crippen molar-refractivity contribution >= 4 is 35.0 Å². The minimum atomic E-state index is 0.584. The summed E-state index contributed by atoms with van der Waals surface area (Å²) in [6, 6.07) is 3.65. The number of benzene rings is 1. The minimum Gasteiger partial charge on any atom is -0.491 e. The highest BCUT2D eigenvalue weighted by molar-refractivity contribution is 7.99. The van der Waals surface area contributed by atoms with Gasteiger partial charge in [-0.1, -0.05) is 44.0 Å². The molecule has 1 rings (SSSR count). The van der Waals surface area contributed by atoms with E-state index < -0.39 is 0 Å². The second-order valence-electron chi connectivity index (χ2n) is 4.95. The maximum absolute atomic E-state index is 6.24. The summed E-state index contributed by atoms with van der Waals surface area (Å²) in [5, 5.41) is 4.62. The van der Waals surface area contributed by atoms with Crippen LogP contribution in [0.25, 0.3) is 0 Å². The van der Waals surface area contributed by atoms with E-state index in [-0.39, 0.29) is 0 Å². The van der Waals surface area contributed by atoms with E-state index in [2.05, 4.69) is 26.1 Å². The number of halogens is 2. The monoisotopic (exact) mass is 335 g/mol. The first-order chi connectivity index (χ1) is 9.54. The van der Waals surface area contributed by atoms with Gasteiger partial charge in [0.15, 0.2) is 0 Å². The molecule has 0 saturated heterocycles. The summed E-state index contributed by atoms with van der Waals surface area (Å²) in [5.41, 5.74) is 1.02. The summed E-state index contributed by atoms with van der Waals surface area (Å²) in [5.74, 6) is 3.42. The molecule has 0 bridgehead atoms. The fourth-order valence-electron chi connectivity index (χ4n) is 1.75. The summed E-state index contributed by atoms with van der Waals surface area (Å²) in [6.07, 6.45) is 0. The predicted octanol–water partition coefficient (Wildman–Crippen LogP) is 4.87. The van der Waals surface area contributed by atoms with Crippen LogP contribution >= 0.6 is 35.0 Å². The SMILES string of the molecule is CCSCCOc1c(Cl)cc(Cl)cc1CNCC(C)C. The number of ether oxygens (including phenoxy) is 1. The van der Waals surface area contributed by atoms with Crippen LogP contribution in [0, 0.1) is 5.92 Å². The van der Waals surface area contributed by atoms with E-state index in [4.69, 9.17) is 27.9 Å². The summed E-state index contributed by atoms with van der Waals surface area (Å²) in [7, 11) is 0. The molecule has 0 aliphatic rings. The first-order valence-electron chi connectivity index (χ1n) is 6.93. The van der Waals surface area contributed by atoms with Crippen LogP contribution in [0.4, 0.5) is 0 Å². The van der Waals surface area contributed by atoms with Crippen LogP contribution in [-0.4, -0.2) is 24.7 Å². The van der Waals surface area contributed by atoms with Crippen molar-refractivity contribution in [3.8, 4) is 5.75 Å². The van der Waals surface area contributed by atoms with Crippen LogP contribution in [0.3, 0.4) is 0 Å². The van der Waals surface area contributed by atoms with Gasteiger partial charge in [0.1, 0.15) is 5.75 Å². The van der Waals surface area contributed by atoms with Crippen molar-refractivity contribution in [1.29, 1.82) is 0 Å². The minimum absolute atomic E-state index is 0.584. The van der Waals surface area contributed by atoms with E-state index in [9.17, 15) is 0 Å². The summed E-state index contributed by atoms with van der Waals surface area (Å²) >= 11 is 14.2. The fourth-order valence-corrected chi connectivity index (χ4v) is 2.83. The molecule has 1 N–H and O–H groups in total. The topological polar surface area (TPSA) is 21.3 Å². The average Bonchev–Trinajstić information content (AvgIpc) is 2.36. The Kier molecular flexibility index (Phi) is 8.78. The normalized spacial score (nSPS) is 11.1. The van der Waals surface area contributed by atoms with Gasteiger partial charge in [0.2, 0.25) is 0 Å². The zero-order valence-electron chi connectivity index (χ0n) is 12.3. The number of hydrogen-bond acceptors (Lipinski definition) is 3. The van der Waals surface area contributed by atoms with E-state index in [0.29, 0.717) is 29.1 Å². The van der Waals surface area contributed by atoms with Gasteiger partial charge in [-0.2, -0.15) is 11.8 Å². The molecule has 0 saturated carbocycles. The van der Waals surface area contributed by atoms with Crippen molar-refractivity contribution in [2.75, 3.05) is 24.7 Å². The van der Waals surface area contributed by atoms with E-state index >= 15 is 0 Å². The molecule has 0 amide bonds. The van der Waals surface area contributed by atoms with Gasteiger partial charge in [-0.05, 0) is 30.3 Å². The molecule has 20 heavy (non-hydrogen) atoms. The Morgan fingerprint density at radius 3 is 2.70 bits per heavy atom.